The van der Waals surface area contributed by atoms with Gasteiger partial charge >= 0.3 is 5.97 Å². The van der Waals surface area contributed by atoms with Crippen LogP contribution in [0.1, 0.15) is 69.4 Å². The first-order chi connectivity index (χ1) is 24.7. The molecule has 280 valence electrons. The van der Waals surface area contributed by atoms with Gasteiger partial charge in [0.2, 0.25) is 0 Å². The Morgan fingerprint density at radius 3 is 2.59 bits per heavy atom. The first-order valence-electron chi connectivity index (χ1n) is 19.3. The molecular formula is C40H60N6O5. The smallest absolute Gasteiger partial charge is 0.302 e. The molecule has 0 spiro atoms. The highest BCUT2D eigenvalue weighted by atomic mass is 16.5. The number of nitrogens with two attached hydrogens (primary N) is 1. The van der Waals surface area contributed by atoms with Crippen LogP contribution in [-0.4, -0.2) is 109 Å². The lowest BCUT2D eigenvalue weighted by atomic mass is 9.84. The van der Waals surface area contributed by atoms with Gasteiger partial charge in [-0.2, -0.15) is 0 Å². The van der Waals surface area contributed by atoms with Crippen molar-refractivity contribution < 1.29 is 24.5 Å². The number of esters is 1. The summed E-state index contributed by atoms with van der Waals surface area (Å²) in [5, 5.41) is 28.8. The van der Waals surface area contributed by atoms with E-state index in [2.05, 4.69) is 49.7 Å². The van der Waals surface area contributed by atoms with Crippen LogP contribution in [0.15, 0.2) is 53.5 Å². The molecule has 0 radical (unpaired) electrons. The number of aromatic hydroxyl groups is 1. The van der Waals surface area contributed by atoms with Crippen LogP contribution >= 0.6 is 0 Å². The number of benzene rings is 2. The van der Waals surface area contributed by atoms with Crippen molar-refractivity contribution in [2.24, 2.45) is 28.5 Å². The summed E-state index contributed by atoms with van der Waals surface area (Å²) in [4.78, 5) is 21.8. The number of aliphatic hydroxyl groups excluding tert-OH is 1. The Labute approximate surface area is 304 Å². The molecule has 5 heterocycles. The number of hydrogen-bond donors (Lipinski definition) is 5. The topological polar surface area (TPSA) is 145 Å². The molecule has 3 fully saturated rings. The van der Waals surface area contributed by atoms with Gasteiger partial charge in [-0.3, -0.25) is 9.69 Å². The molecule has 51 heavy (non-hydrogen) atoms. The normalized spacial score (nSPS) is 29.4. The molecule has 0 aromatic heterocycles. The van der Waals surface area contributed by atoms with Gasteiger partial charge in [0.1, 0.15) is 12.2 Å². The summed E-state index contributed by atoms with van der Waals surface area (Å²) >= 11 is 0. The number of nitrogens with zero attached hydrogens (tertiary/aromatic N) is 3. The minimum absolute atomic E-state index is 0.00872. The van der Waals surface area contributed by atoms with Crippen molar-refractivity contribution in [2.75, 3.05) is 52.5 Å². The minimum atomic E-state index is -0.591. The van der Waals surface area contributed by atoms with Gasteiger partial charge in [0.25, 0.3) is 0 Å². The van der Waals surface area contributed by atoms with Gasteiger partial charge in [-0.05, 0) is 112 Å². The van der Waals surface area contributed by atoms with E-state index in [0.29, 0.717) is 67.9 Å². The van der Waals surface area contributed by atoms with Gasteiger partial charge in [-0.25, -0.2) is 4.99 Å². The van der Waals surface area contributed by atoms with Crippen molar-refractivity contribution >= 4 is 11.9 Å². The highest BCUT2D eigenvalue weighted by molar-refractivity contribution is 5.77. The molecule has 2 aromatic carbocycles. The van der Waals surface area contributed by atoms with Crippen LogP contribution in [0, 0.1) is 17.8 Å². The molecule has 4 bridgehead atoms. The molecule has 0 saturated carbocycles. The van der Waals surface area contributed by atoms with Gasteiger partial charge in [0, 0.05) is 52.1 Å². The zero-order valence-electron chi connectivity index (χ0n) is 30.4. The molecule has 7 rings (SSSR count). The zero-order valence-corrected chi connectivity index (χ0v) is 30.4. The number of ether oxygens (including phenoxy) is 2. The van der Waals surface area contributed by atoms with E-state index >= 15 is 0 Å². The van der Waals surface area contributed by atoms with Crippen molar-refractivity contribution in [1.29, 1.82) is 0 Å². The number of aryl methyl sites for hydroxylation is 1. The van der Waals surface area contributed by atoms with Crippen molar-refractivity contribution in [2.45, 2.75) is 95.5 Å². The molecule has 11 heteroatoms. The summed E-state index contributed by atoms with van der Waals surface area (Å²) in [6.07, 6.45) is 7.10. The number of phenolic OH excluding ortho intramolecular Hbond substituents is 1. The maximum Gasteiger partial charge on any atom is 0.302 e. The van der Waals surface area contributed by atoms with Crippen LogP contribution in [0.3, 0.4) is 0 Å². The molecule has 7 atom stereocenters. The van der Waals surface area contributed by atoms with Crippen molar-refractivity contribution in [3.63, 3.8) is 0 Å². The van der Waals surface area contributed by atoms with Gasteiger partial charge in [0.15, 0.2) is 17.5 Å². The van der Waals surface area contributed by atoms with Crippen molar-refractivity contribution in [3.8, 4) is 11.5 Å². The van der Waals surface area contributed by atoms with Gasteiger partial charge in [-0.15, -0.1) is 0 Å². The summed E-state index contributed by atoms with van der Waals surface area (Å²) < 4.78 is 12.1. The number of guanidine groups is 1. The second-order valence-corrected chi connectivity index (χ2v) is 15.6. The van der Waals surface area contributed by atoms with E-state index < -0.39 is 12.2 Å². The Morgan fingerprint density at radius 1 is 1.02 bits per heavy atom. The Hall–Kier alpha value is -3.38. The van der Waals surface area contributed by atoms with Crippen LogP contribution in [0.5, 0.6) is 11.5 Å². The lowest BCUT2D eigenvalue weighted by Gasteiger charge is -2.45. The number of aliphatic hydroxyl groups is 1. The average Bonchev–Trinajstić information content (AvgIpc) is 3.11. The molecule has 0 aliphatic carbocycles. The van der Waals surface area contributed by atoms with Gasteiger partial charge in [0.05, 0.1) is 12.8 Å². The molecule has 5 aliphatic heterocycles. The summed E-state index contributed by atoms with van der Waals surface area (Å²) in [6, 6.07) is 16.3. The Bertz CT molecular complexity index is 1410. The Kier molecular flexibility index (Phi) is 13.5. The number of aliphatic imine (C=N–C) groups is 1. The third-order valence-corrected chi connectivity index (χ3v) is 11.2. The number of carbonyl (C=O) groups excluding carboxylic acids is 1. The third kappa shape index (κ3) is 11.8. The van der Waals surface area contributed by atoms with Crippen LogP contribution in [0.2, 0.25) is 0 Å². The van der Waals surface area contributed by atoms with E-state index in [-0.39, 0.29) is 17.8 Å². The molecule has 0 amide bonds. The highest BCUT2D eigenvalue weighted by Crippen LogP contribution is 2.32. The van der Waals surface area contributed by atoms with E-state index in [9.17, 15) is 15.0 Å². The molecule has 2 aromatic rings. The van der Waals surface area contributed by atoms with Crippen molar-refractivity contribution in [3.05, 3.63) is 59.7 Å². The van der Waals surface area contributed by atoms with Crippen LogP contribution in [0.4, 0.5) is 0 Å². The molecular weight excluding hydrogens is 644 g/mol. The number of fused-ring (bicyclic) bond motifs is 6. The first-order valence-corrected chi connectivity index (χ1v) is 19.3. The van der Waals surface area contributed by atoms with Gasteiger partial charge in [-0.1, -0.05) is 36.4 Å². The second-order valence-electron chi connectivity index (χ2n) is 15.6. The minimum Gasteiger partial charge on any atom is -0.504 e. The average molecular weight is 705 g/mol. The lowest BCUT2D eigenvalue weighted by Crippen LogP contribution is -2.52. The maximum atomic E-state index is 12.1. The second kappa shape index (κ2) is 18.4. The van der Waals surface area contributed by atoms with Crippen LogP contribution in [0.25, 0.3) is 0 Å². The van der Waals surface area contributed by atoms with Gasteiger partial charge < -0.3 is 41.0 Å². The number of nitrogens with one attached hydrogen (secondary N) is 2. The largest absolute Gasteiger partial charge is 0.504 e. The molecule has 5 aliphatic rings. The Morgan fingerprint density at radius 2 is 1.80 bits per heavy atom. The monoisotopic (exact) mass is 704 g/mol. The molecule has 11 nitrogen and oxygen atoms in total. The number of hydrogen-bond acceptors (Lipinski definition) is 11. The highest BCUT2D eigenvalue weighted by Gasteiger charge is 2.34. The summed E-state index contributed by atoms with van der Waals surface area (Å²) in [6.45, 7) is 9.23. The molecule has 6 N–H and O–H groups in total. The zero-order chi connectivity index (χ0) is 35.6. The van der Waals surface area contributed by atoms with E-state index in [1.807, 2.05) is 18.2 Å². The van der Waals surface area contributed by atoms with Crippen LogP contribution in [-0.2, 0) is 22.4 Å². The summed E-state index contributed by atoms with van der Waals surface area (Å²) in [5.41, 5.74) is 8.55. The fourth-order valence-electron chi connectivity index (χ4n) is 8.74. The van der Waals surface area contributed by atoms with E-state index in [0.717, 1.165) is 83.5 Å². The molecule has 7 unspecified atom stereocenters. The van der Waals surface area contributed by atoms with Crippen LogP contribution < -0.4 is 21.1 Å². The first kappa shape index (κ1) is 37.4. The summed E-state index contributed by atoms with van der Waals surface area (Å²) in [7, 11) is 0. The number of piperidine rings is 3. The summed E-state index contributed by atoms with van der Waals surface area (Å²) in [5.74, 6) is 2.52. The fourth-order valence-corrected chi connectivity index (χ4v) is 8.74. The lowest BCUT2D eigenvalue weighted by molar-refractivity contribution is -0.148. The van der Waals surface area contributed by atoms with E-state index in [1.54, 1.807) is 6.07 Å². The third-order valence-electron chi connectivity index (χ3n) is 11.2. The molecule has 3 saturated heterocycles. The number of carbonyl (C=O) groups is 1. The fraction of sp³-hybridized carbons (Fsp3) is 0.650. The Balaban J connectivity index is 0.991. The maximum absolute atomic E-state index is 12.1. The predicted molar refractivity (Wildman–Crippen MR) is 200 cm³/mol. The van der Waals surface area contributed by atoms with E-state index in [4.69, 9.17) is 15.2 Å². The predicted octanol–water partition coefficient (Wildman–Crippen LogP) is 3.67. The standard InChI is InChI=1S/C40H60N6O5/c1-28(47)50-36(11-8-30-9-12-38(49)39(19-30)51-37-13-15-42-34(20-37)18-29-5-3-2-4-6-29)21-35(48)10-7-31-14-16-45-23-32-17-33(24-45)26-46(25-32)27-44-40(41)43-22-31/h2-6,9,12,19,31-37,42,48-49H,7-8,10-11,13-18,20-27H2,1H3,(H3,41,43,44). The SMILES string of the molecule is CC(=O)OC(CCc1ccc(O)c(OC2CCNC(Cc3ccccc3)C2)c1)CC(O)CCC1CCN2CC3CC(C2)CN(CN=C(N)NC1)C3. The number of phenols is 1. The number of rotatable bonds is 13. The quantitative estimate of drug-likeness (QED) is 0.196. The van der Waals surface area contributed by atoms with Crippen molar-refractivity contribution in [1.82, 2.24) is 20.4 Å². The van der Waals surface area contributed by atoms with E-state index in [1.165, 1.54) is 18.9 Å².